The molecule has 1 aliphatic carbocycles. The lowest BCUT2D eigenvalue weighted by Gasteiger charge is -2.29. The summed E-state index contributed by atoms with van der Waals surface area (Å²) in [6, 6.07) is 4.14. The summed E-state index contributed by atoms with van der Waals surface area (Å²) in [6.45, 7) is 13.2. The Kier molecular flexibility index (Phi) is 5.12. The Morgan fingerprint density at radius 3 is 1.92 bits per heavy atom. The molecule has 0 atom stereocenters. The molecule has 0 aromatic heterocycles. The van der Waals surface area contributed by atoms with Gasteiger partial charge in [-0.2, -0.15) is 0 Å². The fourth-order valence-corrected chi connectivity index (χ4v) is 3.32. The van der Waals surface area contributed by atoms with Gasteiger partial charge in [-0.25, -0.2) is 0 Å². The number of phenols is 1. The van der Waals surface area contributed by atoms with Crippen molar-refractivity contribution in [3.8, 4) is 5.75 Å². The van der Waals surface area contributed by atoms with Crippen LogP contribution in [0, 0.1) is 0 Å². The third kappa shape index (κ3) is 3.82. The van der Waals surface area contributed by atoms with Crippen molar-refractivity contribution in [1.29, 1.82) is 0 Å². The minimum absolute atomic E-state index is 0.166. The van der Waals surface area contributed by atoms with Crippen LogP contribution in [0.2, 0.25) is 0 Å². The summed E-state index contributed by atoms with van der Waals surface area (Å²) in [4.78, 5) is 10.9. The minimum Gasteiger partial charge on any atom is -0.507 e. The number of carbonyl (C=O) groups excluding carboxylic acids is 1. The second kappa shape index (κ2) is 6.62. The van der Waals surface area contributed by atoms with Gasteiger partial charge in [0.05, 0.1) is 0 Å². The summed E-state index contributed by atoms with van der Waals surface area (Å²) in [7, 11) is 0. The van der Waals surface area contributed by atoms with E-state index in [1.54, 1.807) is 0 Å². The molecule has 0 unspecified atom stereocenters. The second-order valence-electron chi connectivity index (χ2n) is 8.74. The summed E-state index contributed by atoms with van der Waals surface area (Å²) >= 11 is 0. The highest BCUT2D eigenvalue weighted by Gasteiger charge is 2.28. The predicted molar refractivity (Wildman–Crippen MR) is 98.0 cm³/mol. The van der Waals surface area contributed by atoms with E-state index >= 15 is 0 Å². The van der Waals surface area contributed by atoms with Crippen molar-refractivity contribution < 1.29 is 14.6 Å². The van der Waals surface area contributed by atoms with E-state index in [4.69, 9.17) is 4.74 Å². The first-order valence-electron chi connectivity index (χ1n) is 8.76. The van der Waals surface area contributed by atoms with Crippen LogP contribution in [0.1, 0.15) is 83.9 Å². The van der Waals surface area contributed by atoms with Gasteiger partial charge in [0.25, 0.3) is 6.47 Å². The molecule has 2 rings (SSSR count). The first-order valence-corrected chi connectivity index (χ1v) is 8.76. The zero-order valence-corrected chi connectivity index (χ0v) is 15.8. The van der Waals surface area contributed by atoms with Gasteiger partial charge in [0.1, 0.15) is 11.5 Å². The third-order valence-electron chi connectivity index (χ3n) is 4.68. The number of aromatic hydroxyl groups is 1. The van der Waals surface area contributed by atoms with E-state index in [1.165, 1.54) is 0 Å². The fourth-order valence-electron chi connectivity index (χ4n) is 3.32. The third-order valence-corrected chi connectivity index (χ3v) is 4.68. The standard InChI is InChI=1S/C21H30O3/c1-20(2,3)16-11-14(12-17(19(16)23)21(4,5)6)15-9-7-8-10-18(15)24-13-22/h11-13,23H,7-10H2,1-6H3. The maximum Gasteiger partial charge on any atom is 0.298 e. The highest BCUT2D eigenvalue weighted by Crippen LogP contribution is 2.43. The van der Waals surface area contributed by atoms with Gasteiger partial charge in [-0.15, -0.1) is 0 Å². The van der Waals surface area contributed by atoms with E-state index in [0.717, 1.165) is 53.7 Å². The van der Waals surface area contributed by atoms with Gasteiger partial charge in [-0.1, -0.05) is 41.5 Å². The summed E-state index contributed by atoms with van der Waals surface area (Å²) < 4.78 is 5.27. The molecule has 1 N–H and O–H groups in total. The molecule has 132 valence electrons. The SMILES string of the molecule is CC(C)(C)c1cc(C2=C(OC=O)CCCC2)cc(C(C)(C)C)c1O. The molecule has 0 aliphatic heterocycles. The van der Waals surface area contributed by atoms with Crippen LogP contribution in [0.4, 0.5) is 0 Å². The number of allylic oxidation sites excluding steroid dienone is 2. The van der Waals surface area contributed by atoms with Crippen molar-refractivity contribution >= 4 is 12.0 Å². The van der Waals surface area contributed by atoms with Crippen LogP contribution in [0.25, 0.3) is 5.57 Å². The van der Waals surface area contributed by atoms with Gasteiger partial charge in [-0.05, 0) is 53.4 Å². The fraction of sp³-hybridized carbons (Fsp3) is 0.571. The molecular weight excluding hydrogens is 300 g/mol. The molecule has 0 spiro atoms. The molecule has 0 saturated carbocycles. The molecule has 0 amide bonds. The lowest BCUT2D eigenvalue weighted by Crippen LogP contribution is -2.18. The Morgan fingerprint density at radius 1 is 0.958 bits per heavy atom. The van der Waals surface area contributed by atoms with Crippen molar-refractivity contribution in [2.24, 2.45) is 0 Å². The largest absolute Gasteiger partial charge is 0.507 e. The van der Waals surface area contributed by atoms with E-state index < -0.39 is 0 Å². The maximum absolute atomic E-state index is 10.9. The Hall–Kier alpha value is -1.77. The Morgan fingerprint density at radius 2 is 1.46 bits per heavy atom. The number of ether oxygens (including phenoxy) is 1. The van der Waals surface area contributed by atoms with Gasteiger partial charge >= 0.3 is 0 Å². The molecule has 0 saturated heterocycles. The lowest BCUT2D eigenvalue weighted by molar-refractivity contribution is -0.125. The molecule has 1 aliphatic rings. The normalized spacial score (nSPS) is 16.2. The maximum atomic E-state index is 10.9. The van der Waals surface area contributed by atoms with E-state index in [0.29, 0.717) is 12.2 Å². The lowest BCUT2D eigenvalue weighted by atomic mass is 9.77. The molecule has 0 heterocycles. The van der Waals surface area contributed by atoms with Gasteiger partial charge < -0.3 is 9.84 Å². The van der Waals surface area contributed by atoms with Crippen molar-refractivity contribution in [2.45, 2.75) is 78.1 Å². The van der Waals surface area contributed by atoms with Gasteiger partial charge in [0, 0.05) is 17.5 Å². The van der Waals surface area contributed by atoms with Crippen molar-refractivity contribution in [3.63, 3.8) is 0 Å². The monoisotopic (exact) mass is 330 g/mol. The number of hydrogen-bond donors (Lipinski definition) is 1. The summed E-state index contributed by atoms with van der Waals surface area (Å²) in [5.41, 5.74) is 3.72. The molecular formula is C21H30O3. The Labute approximate surface area is 145 Å². The summed E-state index contributed by atoms with van der Waals surface area (Å²) in [5.74, 6) is 1.16. The van der Waals surface area contributed by atoms with Gasteiger partial charge in [-0.3, -0.25) is 4.79 Å². The van der Waals surface area contributed by atoms with Crippen molar-refractivity contribution in [3.05, 3.63) is 34.6 Å². The van der Waals surface area contributed by atoms with E-state index in [1.807, 2.05) is 0 Å². The molecule has 0 bridgehead atoms. The second-order valence-corrected chi connectivity index (χ2v) is 8.74. The van der Waals surface area contributed by atoms with Crippen LogP contribution in [0.5, 0.6) is 5.75 Å². The summed E-state index contributed by atoms with van der Waals surface area (Å²) in [6.07, 6.45) is 3.84. The number of benzene rings is 1. The summed E-state index contributed by atoms with van der Waals surface area (Å²) in [5, 5.41) is 10.8. The van der Waals surface area contributed by atoms with E-state index in [9.17, 15) is 9.90 Å². The number of hydrogen-bond acceptors (Lipinski definition) is 3. The van der Waals surface area contributed by atoms with Crippen LogP contribution >= 0.6 is 0 Å². The zero-order valence-electron chi connectivity index (χ0n) is 15.8. The predicted octanol–water partition coefficient (Wildman–Crippen LogP) is 5.45. The number of carbonyl (C=O) groups is 1. The highest BCUT2D eigenvalue weighted by molar-refractivity contribution is 5.72. The van der Waals surface area contributed by atoms with Crippen LogP contribution in [-0.2, 0) is 20.4 Å². The van der Waals surface area contributed by atoms with Gasteiger partial charge in [0.2, 0.25) is 0 Å². The van der Waals surface area contributed by atoms with Crippen LogP contribution in [0.3, 0.4) is 0 Å². The van der Waals surface area contributed by atoms with E-state index in [2.05, 4.69) is 53.7 Å². The van der Waals surface area contributed by atoms with Crippen molar-refractivity contribution in [2.75, 3.05) is 0 Å². The van der Waals surface area contributed by atoms with Gasteiger partial charge in [0.15, 0.2) is 0 Å². The average molecular weight is 330 g/mol. The zero-order chi connectivity index (χ0) is 18.1. The number of phenolic OH excluding ortho intramolecular Hbond substituents is 1. The van der Waals surface area contributed by atoms with Crippen LogP contribution < -0.4 is 0 Å². The first kappa shape index (κ1) is 18.6. The minimum atomic E-state index is -0.166. The molecule has 3 nitrogen and oxygen atoms in total. The Balaban J connectivity index is 2.72. The molecule has 3 heteroatoms. The Bertz CT molecular complexity index is 620. The first-order chi connectivity index (χ1) is 11.1. The molecule has 1 aromatic rings. The van der Waals surface area contributed by atoms with Crippen molar-refractivity contribution in [1.82, 2.24) is 0 Å². The quantitative estimate of drug-likeness (QED) is 0.750. The molecule has 24 heavy (non-hydrogen) atoms. The van der Waals surface area contributed by atoms with Crippen LogP contribution in [-0.4, -0.2) is 11.6 Å². The average Bonchev–Trinajstić information content (AvgIpc) is 2.46. The smallest absolute Gasteiger partial charge is 0.298 e. The number of rotatable bonds is 3. The topological polar surface area (TPSA) is 46.5 Å². The van der Waals surface area contributed by atoms with E-state index in [-0.39, 0.29) is 10.8 Å². The molecule has 0 fully saturated rings. The molecule has 0 radical (unpaired) electrons. The highest BCUT2D eigenvalue weighted by atomic mass is 16.5. The van der Waals surface area contributed by atoms with Crippen LogP contribution in [0.15, 0.2) is 17.9 Å². The molecule has 1 aromatic carbocycles.